The molecule has 2 aromatic carbocycles. The largest absolute Gasteiger partial charge is 0.410 e. The number of aryl methyl sites for hydroxylation is 1. The lowest BCUT2D eigenvalue weighted by molar-refractivity contribution is -0.124. The molecule has 9 nitrogen and oxygen atoms in total. The van der Waals surface area contributed by atoms with Gasteiger partial charge in [-0.1, -0.05) is 17.7 Å². The molecule has 1 aliphatic heterocycles. The van der Waals surface area contributed by atoms with E-state index in [4.69, 9.17) is 22.1 Å². The highest BCUT2D eigenvalue weighted by Gasteiger charge is 2.36. The number of H-pyrrole nitrogens is 1. The maximum atomic E-state index is 12.8. The molecular formula is C22H19ClN4O5. The number of hydrogen-bond acceptors (Lipinski definition) is 5. The molecule has 0 aliphatic carbocycles. The van der Waals surface area contributed by atoms with Crippen LogP contribution in [-0.2, 0) is 9.59 Å². The topological polar surface area (TPSA) is 135 Å². The molecule has 1 atom stereocenters. The first-order valence-corrected chi connectivity index (χ1v) is 10.1. The van der Waals surface area contributed by atoms with Gasteiger partial charge in [-0.2, -0.15) is 0 Å². The van der Waals surface area contributed by atoms with Gasteiger partial charge in [0, 0.05) is 23.6 Å². The predicted octanol–water partition coefficient (Wildman–Crippen LogP) is 2.69. The Morgan fingerprint density at radius 3 is 2.72 bits per heavy atom. The fourth-order valence-corrected chi connectivity index (χ4v) is 4.03. The van der Waals surface area contributed by atoms with E-state index < -0.39 is 23.8 Å². The zero-order chi connectivity index (χ0) is 23.0. The van der Waals surface area contributed by atoms with E-state index in [0.717, 1.165) is 5.56 Å². The molecule has 1 unspecified atom stereocenters. The molecule has 0 saturated carbocycles. The Hall–Kier alpha value is -3.85. The number of anilines is 1. The van der Waals surface area contributed by atoms with Crippen molar-refractivity contribution in [3.05, 3.63) is 58.7 Å². The molecule has 0 spiro atoms. The van der Waals surface area contributed by atoms with Crippen molar-refractivity contribution >= 4 is 51.9 Å². The minimum Gasteiger partial charge on any atom is -0.410 e. The van der Waals surface area contributed by atoms with Crippen LogP contribution in [0.1, 0.15) is 22.3 Å². The van der Waals surface area contributed by atoms with Gasteiger partial charge in [0.15, 0.2) is 0 Å². The van der Waals surface area contributed by atoms with Crippen LogP contribution < -0.4 is 20.7 Å². The Balaban J connectivity index is 1.50. The Morgan fingerprint density at radius 2 is 2.00 bits per heavy atom. The summed E-state index contributed by atoms with van der Waals surface area (Å²) in [6.07, 6.45) is 0.727. The number of nitrogens with one attached hydrogen (secondary N) is 2. The van der Waals surface area contributed by atoms with Crippen molar-refractivity contribution in [3.8, 4) is 5.75 Å². The monoisotopic (exact) mass is 454 g/mol. The number of fused-ring (bicyclic) bond motifs is 1. The maximum Gasteiger partial charge on any atom is 0.409 e. The van der Waals surface area contributed by atoms with Gasteiger partial charge >= 0.3 is 6.09 Å². The number of carbonyl (C=O) groups is 4. The van der Waals surface area contributed by atoms with Gasteiger partial charge in [0.25, 0.3) is 11.7 Å². The van der Waals surface area contributed by atoms with Crippen molar-refractivity contribution < 1.29 is 23.9 Å². The van der Waals surface area contributed by atoms with Crippen molar-refractivity contribution in [2.75, 3.05) is 11.4 Å². The lowest BCUT2D eigenvalue weighted by Crippen LogP contribution is -2.44. The first-order chi connectivity index (χ1) is 15.2. The molecule has 32 heavy (non-hydrogen) atoms. The summed E-state index contributed by atoms with van der Waals surface area (Å²) < 4.78 is 4.83. The van der Waals surface area contributed by atoms with Crippen LogP contribution >= 0.6 is 11.6 Å². The van der Waals surface area contributed by atoms with Crippen LogP contribution in [0.15, 0.2) is 42.6 Å². The molecule has 1 saturated heterocycles. The highest BCUT2D eigenvalue weighted by Crippen LogP contribution is 2.30. The number of hydrogen-bond donors (Lipinski definition) is 3. The molecule has 0 radical (unpaired) electrons. The van der Waals surface area contributed by atoms with Gasteiger partial charge in [-0.05, 0) is 49.2 Å². The number of carbonyl (C=O) groups excluding carboxylic acids is 4. The zero-order valence-electron chi connectivity index (χ0n) is 17.0. The predicted molar refractivity (Wildman–Crippen MR) is 118 cm³/mol. The third-order valence-electron chi connectivity index (χ3n) is 5.23. The van der Waals surface area contributed by atoms with Crippen LogP contribution in [0.2, 0.25) is 5.02 Å². The molecule has 10 heteroatoms. The maximum absolute atomic E-state index is 12.8. The number of benzene rings is 2. The minimum absolute atomic E-state index is 0.0799. The van der Waals surface area contributed by atoms with Gasteiger partial charge in [0.05, 0.1) is 16.3 Å². The van der Waals surface area contributed by atoms with Crippen LogP contribution in [0.25, 0.3) is 10.9 Å². The number of primary amides is 1. The summed E-state index contributed by atoms with van der Waals surface area (Å²) in [6, 6.07) is 9.03. The Labute approximate surface area is 187 Å². The highest BCUT2D eigenvalue weighted by atomic mass is 35.5. The van der Waals surface area contributed by atoms with Crippen molar-refractivity contribution in [1.29, 1.82) is 0 Å². The molecule has 1 aliphatic rings. The summed E-state index contributed by atoms with van der Waals surface area (Å²) in [6.45, 7) is 2.26. The number of aromatic nitrogens is 1. The number of halogens is 1. The van der Waals surface area contributed by atoms with E-state index in [-0.39, 0.29) is 17.2 Å². The van der Waals surface area contributed by atoms with E-state index in [1.807, 2.05) is 13.0 Å². The number of aromatic amines is 1. The molecule has 1 fully saturated rings. The summed E-state index contributed by atoms with van der Waals surface area (Å²) in [5.74, 6) is -1.95. The number of amides is 3. The number of nitrogens with zero attached hydrogens (tertiary/aromatic N) is 1. The average Bonchev–Trinajstić information content (AvgIpc) is 3.31. The second-order valence-corrected chi connectivity index (χ2v) is 7.83. The second-order valence-electron chi connectivity index (χ2n) is 7.42. The second kappa shape index (κ2) is 8.35. The normalized spacial score (nSPS) is 15.8. The average molecular weight is 455 g/mol. The number of Topliss-reactive ketones (excluding diaryl/α,β-unsaturated/α-hetero) is 1. The Morgan fingerprint density at radius 1 is 1.22 bits per heavy atom. The summed E-state index contributed by atoms with van der Waals surface area (Å²) in [5.41, 5.74) is 7.19. The van der Waals surface area contributed by atoms with Crippen molar-refractivity contribution in [2.24, 2.45) is 5.73 Å². The van der Waals surface area contributed by atoms with E-state index in [1.165, 1.54) is 23.2 Å². The first-order valence-electron chi connectivity index (χ1n) is 9.75. The minimum atomic E-state index is -0.997. The van der Waals surface area contributed by atoms with Crippen molar-refractivity contribution in [1.82, 2.24) is 10.3 Å². The highest BCUT2D eigenvalue weighted by molar-refractivity contribution is 6.45. The number of rotatable bonds is 5. The number of nitrogens with two attached hydrogens (primary N) is 1. The van der Waals surface area contributed by atoms with Gasteiger partial charge in [-0.3, -0.25) is 14.4 Å². The van der Waals surface area contributed by atoms with Crippen LogP contribution in [0.4, 0.5) is 10.5 Å². The fraction of sp³-hybridized carbons (Fsp3) is 0.182. The number of ketones is 1. The smallest absolute Gasteiger partial charge is 0.409 e. The third kappa shape index (κ3) is 4.02. The van der Waals surface area contributed by atoms with Gasteiger partial charge < -0.3 is 25.7 Å². The van der Waals surface area contributed by atoms with E-state index in [9.17, 15) is 19.2 Å². The standard InChI is InChI=1S/C22H19ClN4O5/c1-11-2-5-18(15(23)8-11)27-7-6-17(21(27)30)26-20(29)19(28)14-10-25-16-4-3-12(9-13(14)16)32-22(24)31/h2-5,8-10,17,25H,6-7H2,1H3,(H2,24,31)(H,26,29). The lowest BCUT2D eigenvalue weighted by Gasteiger charge is -2.18. The molecule has 4 N–H and O–H groups in total. The number of ether oxygens (including phenoxy) is 1. The van der Waals surface area contributed by atoms with Crippen LogP contribution in [0, 0.1) is 6.92 Å². The molecule has 1 aromatic heterocycles. The summed E-state index contributed by atoms with van der Waals surface area (Å²) in [7, 11) is 0. The van der Waals surface area contributed by atoms with Crippen molar-refractivity contribution in [2.45, 2.75) is 19.4 Å². The Bertz CT molecular complexity index is 1270. The summed E-state index contributed by atoms with van der Waals surface area (Å²) in [4.78, 5) is 53.6. The third-order valence-corrected chi connectivity index (χ3v) is 5.53. The molecule has 164 valence electrons. The van der Waals surface area contributed by atoms with Gasteiger partial charge in [0.2, 0.25) is 5.91 Å². The molecule has 3 amide bonds. The van der Waals surface area contributed by atoms with Crippen LogP contribution in [0.5, 0.6) is 5.75 Å². The van der Waals surface area contributed by atoms with E-state index >= 15 is 0 Å². The van der Waals surface area contributed by atoms with Gasteiger partial charge in [0.1, 0.15) is 11.8 Å². The molecular weight excluding hydrogens is 436 g/mol. The Kier molecular flexibility index (Phi) is 5.58. The molecule has 0 bridgehead atoms. The van der Waals surface area contributed by atoms with E-state index in [1.54, 1.807) is 18.2 Å². The van der Waals surface area contributed by atoms with Gasteiger partial charge in [-0.15, -0.1) is 0 Å². The van der Waals surface area contributed by atoms with Gasteiger partial charge in [-0.25, -0.2) is 4.79 Å². The fourth-order valence-electron chi connectivity index (χ4n) is 3.70. The molecule has 3 aromatic rings. The summed E-state index contributed by atoms with van der Waals surface area (Å²) in [5, 5.41) is 3.34. The first kappa shape index (κ1) is 21.4. The van der Waals surface area contributed by atoms with Crippen molar-refractivity contribution in [3.63, 3.8) is 0 Å². The summed E-state index contributed by atoms with van der Waals surface area (Å²) >= 11 is 6.27. The van der Waals surface area contributed by atoms with E-state index in [2.05, 4.69) is 10.3 Å². The SMILES string of the molecule is Cc1ccc(N2CCC(NC(=O)C(=O)c3c[nH]c4ccc(OC(N)=O)cc34)C2=O)c(Cl)c1. The zero-order valence-corrected chi connectivity index (χ0v) is 17.7. The lowest BCUT2D eigenvalue weighted by atomic mass is 10.1. The quantitative estimate of drug-likeness (QED) is 0.402. The van der Waals surface area contributed by atoms with Crippen LogP contribution in [-0.4, -0.2) is 41.3 Å². The molecule has 4 rings (SSSR count). The van der Waals surface area contributed by atoms with E-state index in [0.29, 0.717) is 34.6 Å². The molecule has 2 heterocycles. The van der Waals surface area contributed by atoms with Crippen LogP contribution in [0.3, 0.4) is 0 Å².